The maximum atomic E-state index is 13.1. The van der Waals surface area contributed by atoms with Crippen LogP contribution in [0.2, 0.25) is 0 Å². The number of aryl methyl sites for hydroxylation is 2. The van der Waals surface area contributed by atoms with E-state index in [4.69, 9.17) is 5.73 Å². The first-order chi connectivity index (χ1) is 10.1. The zero-order valence-corrected chi connectivity index (χ0v) is 11.8. The van der Waals surface area contributed by atoms with E-state index < -0.39 is 0 Å². The second-order valence-corrected chi connectivity index (χ2v) is 4.96. The molecule has 0 amide bonds. The topological polar surface area (TPSA) is 56.7 Å². The fraction of sp³-hybridized carbons (Fsp3) is 0.125. The van der Waals surface area contributed by atoms with Gasteiger partial charge in [-0.05, 0) is 24.6 Å². The van der Waals surface area contributed by atoms with Crippen molar-refractivity contribution in [2.24, 2.45) is 7.05 Å². The lowest BCUT2D eigenvalue weighted by atomic mass is 10.0. The number of hydrogen-bond acceptors (Lipinski definition) is 3. The molecule has 4 nitrogen and oxygen atoms in total. The molecule has 0 spiro atoms. The van der Waals surface area contributed by atoms with E-state index in [2.05, 4.69) is 10.1 Å². The Bertz CT molecular complexity index is 791. The molecule has 0 atom stereocenters. The van der Waals surface area contributed by atoms with Crippen LogP contribution < -0.4 is 5.73 Å². The average Bonchev–Trinajstić information content (AvgIpc) is 2.76. The van der Waals surface area contributed by atoms with Gasteiger partial charge in [-0.2, -0.15) is 5.10 Å². The van der Waals surface area contributed by atoms with Crippen molar-refractivity contribution in [3.63, 3.8) is 0 Å². The van der Waals surface area contributed by atoms with Gasteiger partial charge >= 0.3 is 0 Å². The lowest BCUT2D eigenvalue weighted by Crippen LogP contribution is -1.98. The molecule has 0 saturated heterocycles. The Labute approximate surface area is 122 Å². The molecule has 0 aliphatic rings. The highest BCUT2D eigenvalue weighted by molar-refractivity contribution is 5.87. The highest BCUT2D eigenvalue weighted by atomic mass is 19.1. The predicted molar refractivity (Wildman–Crippen MR) is 81.0 cm³/mol. The van der Waals surface area contributed by atoms with Crippen LogP contribution in [-0.2, 0) is 7.05 Å². The molecule has 0 fully saturated rings. The molecule has 0 radical (unpaired) electrons. The van der Waals surface area contributed by atoms with Crippen LogP contribution in [0, 0.1) is 12.7 Å². The summed E-state index contributed by atoms with van der Waals surface area (Å²) >= 11 is 0. The highest BCUT2D eigenvalue weighted by Crippen LogP contribution is 2.35. The first-order valence-corrected chi connectivity index (χ1v) is 6.57. The second kappa shape index (κ2) is 5.01. The van der Waals surface area contributed by atoms with E-state index in [0.29, 0.717) is 17.2 Å². The Morgan fingerprint density at radius 1 is 1.19 bits per heavy atom. The summed E-state index contributed by atoms with van der Waals surface area (Å²) < 4.78 is 14.7. The predicted octanol–water partition coefficient (Wildman–Crippen LogP) is 3.18. The third kappa shape index (κ3) is 2.38. The number of anilines is 1. The Hall–Kier alpha value is -2.69. The van der Waals surface area contributed by atoms with E-state index in [-0.39, 0.29) is 5.82 Å². The van der Waals surface area contributed by atoms with Gasteiger partial charge in [0.25, 0.3) is 0 Å². The fourth-order valence-electron chi connectivity index (χ4n) is 2.32. The van der Waals surface area contributed by atoms with Gasteiger partial charge in [-0.25, -0.2) is 4.39 Å². The molecule has 3 rings (SSSR count). The molecule has 1 aromatic carbocycles. The van der Waals surface area contributed by atoms with Gasteiger partial charge in [0.15, 0.2) is 0 Å². The Kier molecular flexibility index (Phi) is 3.17. The molecule has 0 aliphatic heterocycles. The van der Waals surface area contributed by atoms with Gasteiger partial charge in [0.1, 0.15) is 17.3 Å². The number of nitrogen functional groups attached to an aromatic ring is 1. The molecule has 2 aromatic heterocycles. The van der Waals surface area contributed by atoms with Crippen LogP contribution >= 0.6 is 0 Å². The largest absolute Gasteiger partial charge is 0.383 e. The zero-order chi connectivity index (χ0) is 15.0. The van der Waals surface area contributed by atoms with Gasteiger partial charge in [0, 0.05) is 7.05 Å². The van der Waals surface area contributed by atoms with E-state index in [1.165, 1.54) is 12.3 Å². The van der Waals surface area contributed by atoms with Crippen molar-refractivity contribution >= 4 is 5.82 Å². The fourth-order valence-corrected chi connectivity index (χ4v) is 2.32. The Balaban J connectivity index is 2.23. The normalized spacial score (nSPS) is 10.8. The van der Waals surface area contributed by atoms with Crippen LogP contribution in [0.4, 0.5) is 10.2 Å². The summed E-state index contributed by atoms with van der Waals surface area (Å²) in [5.41, 5.74) is 10.3. The molecule has 21 heavy (non-hydrogen) atoms. The average molecular weight is 282 g/mol. The van der Waals surface area contributed by atoms with Crippen molar-refractivity contribution in [1.82, 2.24) is 14.8 Å². The van der Waals surface area contributed by atoms with E-state index in [1.54, 1.807) is 17.8 Å². The van der Waals surface area contributed by atoms with Crippen LogP contribution in [0.15, 0.2) is 42.6 Å². The molecule has 2 N–H and O–H groups in total. The second-order valence-electron chi connectivity index (χ2n) is 4.96. The molecule has 3 aromatic rings. The van der Waals surface area contributed by atoms with E-state index in [1.807, 2.05) is 31.2 Å². The quantitative estimate of drug-likeness (QED) is 0.785. The number of nitrogens with two attached hydrogens (primary N) is 1. The van der Waals surface area contributed by atoms with Crippen molar-refractivity contribution in [3.8, 4) is 22.5 Å². The SMILES string of the molecule is Cc1cccc(-c2c(-c3ccc(F)cn3)nn(C)c2N)c1. The van der Waals surface area contributed by atoms with Crippen molar-refractivity contribution in [2.75, 3.05) is 5.73 Å². The molecule has 106 valence electrons. The van der Waals surface area contributed by atoms with E-state index >= 15 is 0 Å². The van der Waals surface area contributed by atoms with Gasteiger partial charge in [-0.3, -0.25) is 9.67 Å². The van der Waals surface area contributed by atoms with Crippen molar-refractivity contribution in [1.29, 1.82) is 0 Å². The molecule has 0 bridgehead atoms. The first-order valence-electron chi connectivity index (χ1n) is 6.57. The number of nitrogens with zero attached hydrogens (tertiary/aromatic N) is 3. The summed E-state index contributed by atoms with van der Waals surface area (Å²) in [6.07, 6.45) is 1.18. The summed E-state index contributed by atoms with van der Waals surface area (Å²) in [6.45, 7) is 2.02. The van der Waals surface area contributed by atoms with Crippen molar-refractivity contribution in [2.45, 2.75) is 6.92 Å². The van der Waals surface area contributed by atoms with Gasteiger partial charge < -0.3 is 5.73 Å². The summed E-state index contributed by atoms with van der Waals surface area (Å²) in [7, 11) is 1.78. The number of pyridine rings is 1. The van der Waals surface area contributed by atoms with Crippen LogP contribution in [0.25, 0.3) is 22.5 Å². The van der Waals surface area contributed by atoms with Gasteiger partial charge in [-0.1, -0.05) is 29.8 Å². The zero-order valence-electron chi connectivity index (χ0n) is 11.8. The maximum Gasteiger partial charge on any atom is 0.141 e. The van der Waals surface area contributed by atoms with Crippen LogP contribution in [0.3, 0.4) is 0 Å². The molecule has 0 saturated carbocycles. The summed E-state index contributed by atoms with van der Waals surface area (Å²) in [6, 6.07) is 11.0. The van der Waals surface area contributed by atoms with Crippen LogP contribution in [0.5, 0.6) is 0 Å². The minimum absolute atomic E-state index is 0.375. The molecular weight excluding hydrogens is 267 g/mol. The third-order valence-electron chi connectivity index (χ3n) is 3.37. The molecule has 0 unspecified atom stereocenters. The van der Waals surface area contributed by atoms with Crippen LogP contribution in [-0.4, -0.2) is 14.8 Å². The monoisotopic (exact) mass is 282 g/mol. The minimum atomic E-state index is -0.375. The maximum absolute atomic E-state index is 13.1. The molecular formula is C16H15FN4. The number of rotatable bonds is 2. The smallest absolute Gasteiger partial charge is 0.141 e. The minimum Gasteiger partial charge on any atom is -0.383 e. The third-order valence-corrected chi connectivity index (χ3v) is 3.37. The summed E-state index contributed by atoms with van der Waals surface area (Å²) in [5.74, 6) is 0.182. The lowest BCUT2D eigenvalue weighted by Gasteiger charge is -2.05. The Morgan fingerprint density at radius 3 is 2.67 bits per heavy atom. The van der Waals surface area contributed by atoms with Crippen molar-refractivity contribution in [3.05, 3.63) is 54.0 Å². The number of halogens is 1. The van der Waals surface area contributed by atoms with Crippen molar-refractivity contribution < 1.29 is 4.39 Å². The molecule has 5 heteroatoms. The molecule has 2 heterocycles. The summed E-state index contributed by atoms with van der Waals surface area (Å²) in [5, 5.41) is 4.42. The van der Waals surface area contributed by atoms with E-state index in [0.717, 1.165) is 16.7 Å². The summed E-state index contributed by atoms with van der Waals surface area (Å²) in [4.78, 5) is 4.11. The number of hydrogen-bond donors (Lipinski definition) is 1. The standard InChI is InChI=1S/C16H15FN4/c1-10-4-3-5-11(8-10)14-15(20-21(2)16(14)18)13-7-6-12(17)9-19-13/h3-9H,18H2,1-2H3. The highest BCUT2D eigenvalue weighted by Gasteiger charge is 2.18. The number of aromatic nitrogens is 3. The van der Waals surface area contributed by atoms with Crippen LogP contribution in [0.1, 0.15) is 5.56 Å². The number of benzene rings is 1. The Morgan fingerprint density at radius 2 is 2.00 bits per heavy atom. The first kappa shape index (κ1) is 13.3. The van der Waals surface area contributed by atoms with Gasteiger partial charge in [-0.15, -0.1) is 0 Å². The van der Waals surface area contributed by atoms with Gasteiger partial charge in [0.05, 0.1) is 17.5 Å². The molecule has 0 aliphatic carbocycles. The van der Waals surface area contributed by atoms with Gasteiger partial charge in [0.2, 0.25) is 0 Å². The lowest BCUT2D eigenvalue weighted by molar-refractivity contribution is 0.621. The van der Waals surface area contributed by atoms with E-state index in [9.17, 15) is 4.39 Å².